The fourth-order valence-electron chi connectivity index (χ4n) is 4.76. The van der Waals surface area contributed by atoms with Crippen molar-refractivity contribution in [2.24, 2.45) is 5.16 Å². The number of oxime groups is 1. The van der Waals surface area contributed by atoms with E-state index in [4.69, 9.17) is 26.0 Å². The average molecular weight is 582 g/mol. The van der Waals surface area contributed by atoms with Crippen LogP contribution in [0, 0.1) is 13.8 Å². The van der Waals surface area contributed by atoms with Crippen molar-refractivity contribution in [3.8, 4) is 0 Å². The molecule has 2 aromatic carbocycles. The first-order valence-electron chi connectivity index (χ1n) is 12.3. The fourth-order valence-corrected chi connectivity index (χ4v) is 5.05. The Labute approximate surface area is 233 Å². The van der Waals surface area contributed by atoms with Gasteiger partial charge in [-0.1, -0.05) is 28.9 Å². The molecule has 0 spiro atoms. The van der Waals surface area contributed by atoms with Gasteiger partial charge < -0.3 is 9.57 Å². The predicted molar refractivity (Wildman–Crippen MR) is 138 cm³/mol. The van der Waals surface area contributed by atoms with Crippen LogP contribution in [0.2, 0.25) is 5.02 Å². The Hall–Kier alpha value is -3.48. The van der Waals surface area contributed by atoms with Crippen molar-refractivity contribution in [1.29, 1.82) is 0 Å². The molecule has 9 nitrogen and oxygen atoms in total. The molecule has 13 heteroatoms. The summed E-state index contributed by atoms with van der Waals surface area (Å²) < 4.78 is 48.1. The molecule has 2 aliphatic rings. The number of imide groups is 1. The van der Waals surface area contributed by atoms with Crippen molar-refractivity contribution in [2.75, 3.05) is 26.9 Å². The van der Waals surface area contributed by atoms with Gasteiger partial charge in [0.1, 0.15) is 19.3 Å². The number of methoxy groups -OCH3 is 1. The van der Waals surface area contributed by atoms with Gasteiger partial charge in [-0.2, -0.15) is 13.2 Å². The number of hydrogen-bond donors (Lipinski definition) is 0. The van der Waals surface area contributed by atoms with Gasteiger partial charge in [-0.05, 0) is 61.7 Å². The van der Waals surface area contributed by atoms with Crippen LogP contribution >= 0.6 is 11.6 Å². The monoisotopic (exact) mass is 581 g/mol. The highest BCUT2D eigenvalue weighted by molar-refractivity contribution is 6.30. The third-order valence-electron chi connectivity index (χ3n) is 6.76. The van der Waals surface area contributed by atoms with Crippen LogP contribution in [0.25, 0.3) is 0 Å². The number of likely N-dealkylation sites (N-methyl/N-ethyl adjacent to an activating group) is 1. The zero-order valence-corrected chi connectivity index (χ0v) is 22.9. The highest BCUT2D eigenvalue weighted by Gasteiger charge is 2.62. The summed E-state index contributed by atoms with van der Waals surface area (Å²) in [6, 6.07) is 7.18. The summed E-state index contributed by atoms with van der Waals surface area (Å²) in [7, 11) is 1.28. The Kier molecular flexibility index (Phi) is 8.25. The summed E-state index contributed by atoms with van der Waals surface area (Å²) in [4.78, 5) is 50.3. The lowest BCUT2D eigenvalue weighted by Crippen LogP contribution is -2.51. The fraction of sp³-hybridized carbons (Fsp3) is 0.407. The predicted octanol–water partition coefficient (Wildman–Crippen LogP) is 4.32. The van der Waals surface area contributed by atoms with E-state index in [1.165, 1.54) is 43.5 Å². The van der Waals surface area contributed by atoms with Gasteiger partial charge in [-0.3, -0.25) is 24.1 Å². The quantitative estimate of drug-likeness (QED) is 0.483. The second kappa shape index (κ2) is 11.2. The molecule has 2 aromatic rings. The van der Waals surface area contributed by atoms with Crippen molar-refractivity contribution in [1.82, 2.24) is 9.96 Å². The molecule has 0 saturated carbocycles. The third kappa shape index (κ3) is 5.30. The molecule has 40 heavy (non-hydrogen) atoms. The first kappa shape index (κ1) is 29.5. The molecular formula is C27H27ClF3N3O6. The minimum absolute atomic E-state index is 0.0160. The summed E-state index contributed by atoms with van der Waals surface area (Å²) in [5.41, 5.74) is -1.65. The minimum atomic E-state index is -4.81. The van der Waals surface area contributed by atoms with E-state index in [0.29, 0.717) is 16.7 Å². The van der Waals surface area contributed by atoms with Gasteiger partial charge in [0, 0.05) is 36.2 Å². The number of benzene rings is 2. The van der Waals surface area contributed by atoms with Gasteiger partial charge in [0.2, 0.25) is 0 Å². The van der Waals surface area contributed by atoms with E-state index in [1.807, 2.05) is 0 Å². The summed E-state index contributed by atoms with van der Waals surface area (Å²) in [5.74, 6) is -2.06. The third-order valence-corrected chi connectivity index (χ3v) is 6.98. The maximum absolute atomic E-state index is 14.4. The minimum Gasteiger partial charge on any atom is -0.375 e. The summed E-state index contributed by atoms with van der Waals surface area (Å²) in [6.45, 7) is 4.44. The standard InChI is InChI=1S/C27H27ClF3N3O6/c1-5-33-25(37)22(13-39-33)34(23(35)14-38-4)24(36)20-7-6-17(10-16(20)3)21-12-26(40-32-21,27(29,30)31)18-8-15(2)9-19(28)11-18/h6-11,22H,5,12-14H2,1-4H3. The highest BCUT2D eigenvalue weighted by atomic mass is 35.5. The van der Waals surface area contributed by atoms with Crippen molar-refractivity contribution < 1.29 is 42.0 Å². The smallest absolute Gasteiger partial charge is 0.375 e. The van der Waals surface area contributed by atoms with Crippen LogP contribution in [-0.4, -0.2) is 72.5 Å². The Morgan fingerprint density at radius 2 is 1.95 bits per heavy atom. The van der Waals surface area contributed by atoms with Gasteiger partial charge in [-0.15, -0.1) is 0 Å². The van der Waals surface area contributed by atoms with E-state index in [0.717, 1.165) is 9.96 Å². The average Bonchev–Trinajstić information content (AvgIpc) is 3.49. The van der Waals surface area contributed by atoms with Crippen LogP contribution in [0.1, 0.15) is 46.0 Å². The van der Waals surface area contributed by atoms with Crippen molar-refractivity contribution >= 4 is 35.0 Å². The van der Waals surface area contributed by atoms with Crippen LogP contribution < -0.4 is 0 Å². The molecule has 0 N–H and O–H groups in total. The van der Waals surface area contributed by atoms with E-state index in [2.05, 4.69) is 5.16 Å². The molecule has 0 aliphatic carbocycles. The molecule has 3 amide bonds. The largest absolute Gasteiger partial charge is 0.435 e. The number of rotatable bonds is 7. The number of amides is 3. The highest BCUT2D eigenvalue weighted by Crippen LogP contribution is 2.49. The molecular weight excluding hydrogens is 555 g/mol. The number of ether oxygens (including phenoxy) is 1. The number of carbonyl (C=O) groups excluding carboxylic acids is 3. The van der Waals surface area contributed by atoms with Crippen LogP contribution in [0.3, 0.4) is 0 Å². The second-order valence-corrected chi connectivity index (χ2v) is 9.96. The molecule has 1 fully saturated rings. The van der Waals surface area contributed by atoms with Gasteiger partial charge >= 0.3 is 6.18 Å². The van der Waals surface area contributed by atoms with Crippen LogP contribution in [0.4, 0.5) is 13.2 Å². The number of nitrogens with zero attached hydrogens (tertiary/aromatic N) is 3. The van der Waals surface area contributed by atoms with Crippen LogP contribution in [0.5, 0.6) is 0 Å². The van der Waals surface area contributed by atoms with Crippen molar-refractivity contribution in [3.05, 3.63) is 69.2 Å². The molecule has 0 bridgehead atoms. The lowest BCUT2D eigenvalue weighted by Gasteiger charge is -2.30. The summed E-state index contributed by atoms with van der Waals surface area (Å²) in [6.07, 6.45) is -5.44. The molecule has 2 unspecified atom stereocenters. The molecule has 4 rings (SSSR count). The van der Waals surface area contributed by atoms with Gasteiger partial charge in [0.15, 0.2) is 0 Å². The number of hydroxylamine groups is 2. The number of hydrogen-bond acceptors (Lipinski definition) is 7. The number of aryl methyl sites for hydroxylation is 2. The van der Waals surface area contributed by atoms with E-state index in [-0.39, 0.29) is 35.0 Å². The van der Waals surface area contributed by atoms with Crippen molar-refractivity contribution in [3.63, 3.8) is 0 Å². The van der Waals surface area contributed by atoms with E-state index in [1.54, 1.807) is 20.8 Å². The van der Waals surface area contributed by atoms with Crippen LogP contribution in [-0.2, 0) is 29.6 Å². The number of halogens is 4. The molecule has 0 radical (unpaired) electrons. The topological polar surface area (TPSA) is 97.7 Å². The second-order valence-electron chi connectivity index (χ2n) is 9.52. The van der Waals surface area contributed by atoms with E-state index in [9.17, 15) is 27.6 Å². The lowest BCUT2D eigenvalue weighted by molar-refractivity contribution is -0.275. The Balaban J connectivity index is 1.64. The molecule has 2 aliphatic heterocycles. The molecule has 2 atom stereocenters. The van der Waals surface area contributed by atoms with Gasteiger partial charge in [0.25, 0.3) is 23.3 Å². The SMILES string of the molecule is CCN1OCC(N(C(=O)COC)C(=O)c2ccc(C3=NOC(c4cc(C)cc(Cl)c4)(C(F)(F)F)C3)cc2C)C1=O. The maximum Gasteiger partial charge on any atom is 0.435 e. The summed E-state index contributed by atoms with van der Waals surface area (Å²) >= 11 is 6.04. The maximum atomic E-state index is 14.4. The van der Waals surface area contributed by atoms with E-state index >= 15 is 0 Å². The summed E-state index contributed by atoms with van der Waals surface area (Å²) in [5, 5.41) is 4.97. The molecule has 214 valence electrons. The van der Waals surface area contributed by atoms with Crippen LogP contribution in [0.15, 0.2) is 41.6 Å². The van der Waals surface area contributed by atoms with E-state index < -0.39 is 48.6 Å². The first-order valence-corrected chi connectivity index (χ1v) is 12.7. The zero-order chi connectivity index (χ0) is 29.4. The first-order chi connectivity index (χ1) is 18.8. The molecule has 0 aromatic heterocycles. The lowest BCUT2D eigenvalue weighted by atomic mass is 9.85. The van der Waals surface area contributed by atoms with Crippen molar-refractivity contribution in [2.45, 2.75) is 45.0 Å². The Morgan fingerprint density at radius 1 is 1.23 bits per heavy atom. The Morgan fingerprint density at radius 3 is 2.52 bits per heavy atom. The number of alkyl halides is 3. The molecule has 1 saturated heterocycles. The van der Waals surface area contributed by atoms with Gasteiger partial charge in [-0.25, -0.2) is 5.06 Å². The Bertz CT molecular complexity index is 1360. The van der Waals surface area contributed by atoms with Gasteiger partial charge in [0.05, 0.1) is 5.71 Å². The zero-order valence-electron chi connectivity index (χ0n) is 22.2. The number of carbonyl (C=O) groups is 3. The molecule has 2 heterocycles. The normalized spacial score (nSPS) is 20.9.